The van der Waals surface area contributed by atoms with E-state index < -0.39 is 5.60 Å². The molecule has 1 heterocycles. The molecule has 2 nitrogen and oxygen atoms in total. The van der Waals surface area contributed by atoms with Gasteiger partial charge in [0.05, 0.1) is 13.2 Å². The summed E-state index contributed by atoms with van der Waals surface area (Å²) in [5.41, 5.74) is -0.790. The molecular formula is C6H10O2S. The predicted molar refractivity (Wildman–Crippen MR) is 37.9 cm³/mol. The summed E-state index contributed by atoms with van der Waals surface area (Å²) < 4.78 is 5.03. The van der Waals surface area contributed by atoms with Gasteiger partial charge in [0.15, 0.2) is 0 Å². The largest absolute Gasteiger partial charge is 0.381 e. The third kappa shape index (κ3) is 1.66. The van der Waals surface area contributed by atoms with Crippen LogP contribution in [-0.2, 0) is 4.74 Å². The standard InChI is InChI=1S/C6H10O2S/c7-6(5-9)1-3-8-4-2-6/h7,9H,1-4H2. The molecule has 0 spiro atoms. The van der Waals surface area contributed by atoms with Gasteiger partial charge in [0.1, 0.15) is 5.60 Å². The van der Waals surface area contributed by atoms with Crippen LogP contribution < -0.4 is 0 Å². The van der Waals surface area contributed by atoms with Crippen molar-refractivity contribution in [2.24, 2.45) is 0 Å². The molecule has 0 aromatic heterocycles. The second-order valence-electron chi connectivity index (χ2n) is 2.26. The smallest absolute Gasteiger partial charge is 0.131 e. The fraction of sp³-hybridized carbons (Fsp3) is 0.833. The molecule has 0 aliphatic carbocycles. The number of hydrogen-bond donors (Lipinski definition) is 2. The molecule has 52 valence electrons. The molecule has 1 rings (SSSR count). The maximum atomic E-state index is 9.41. The molecule has 1 aliphatic heterocycles. The van der Waals surface area contributed by atoms with E-state index in [-0.39, 0.29) is 0 Å². The van der Waals surface area contributed by atoms with Gasteiger partial charge in [0, 0.05) is 12.8 Å². The van der Waals surface area contributed by atoms with Gasteiger partial charge < -0.3 is 9.84 Å². The molecule has 0 saturated carbocycles. The van der Waals surface area contributed by atoms with Gasteiger partial charge in [-0.25, -0.2) is 0 Å². The van der Waals surface area contributed by atoms with E-state index in [0.29, 0.717) is 26.1 Å². The first kappa shape index (κ1) is 7.03. The lowest BCUT2D eigenvalue weighted by atomic mass is 9.97. The van der Waals surface area contributed by atoms with E-state index in [1.54, 1.807) is 0 Å². The highest BCUT2D eigenvalue weighted by molar-refractivity contribution is 7.68. The minimum atomic E-state index is -0.790. The molecule has 0 aromatic rings. The van der Waals surface area contributed by atoms with Crippen molar-refractivity contribution in [2.75, 3.05) is 13.2 Å². The van der Waals surface area contributed by atoms with Gasteiger partial charge in [0.25, 0.3) is 0 Å². The molecule has 1 N–H and O–H groups in total. The normalized spacial score (nSPS) is 25.0. The predicted octanol–water partition coefficient (Wildman–Crippen LogP) is 0.417. The Bertz CT molecular complexity index is 132. The Kier molecular flexibility index (Phi) is 2.09. The zero-order valence-electron chi connectivity index (χ0n) is 5.13. The van der Waals surface area contributed by atoms with Gasteiger partial charge >= 0.3 is 0 Å². The number of ether oxygens (including phenoxy) is 1. The van der Waals surface area contributed by atoms with Gasteiger partial charge in [0.2, 0.25) is 0 Å². The molecule has 0 unspecified atom stereocenters. The van der Waals surface area contributed by atoms with Crippen molar-refractivity contribution in [1.82, 2.24) is 0 Å². The van der Waals surface area contributed by atoms with Crippen molar-refractivity contribution in [2.45, 2.75) is 18.4 Å². The van der Waals surface area contributed by atoms with Crippen LogP contribution in [0.2, 0.25) is 0 Å². The minimum absolute atomic E-state index is 0.615. The van der Waals surface area contributed by atoms with E-state index in [0.717, 1.165) is 0 Å². The first-order valence-corrected chi connectivity index (χ1v) is 3.43. The van der Waals surface area contributed by atoms with Crippen molar-refractivity contribution in [3.8, 4) is 5.18 Å². The molecule has 0 radical (unpaired) electrons. The second kappa shape index (κ2) is 2.67. The van der Waals surface area contributed by atoms with Crippen LogP contribution in [0.5, 0.6) is 0 Å². The maximum absolute atomic E-state index is 9.41. The molecule has 1 aliphatic rings. The zero-order valence-corrected chi connectivity index (χ0v) is 6.03. The van der Waals surface area contributed by atoms with E-state index in [1.165, 1.54) is 0 Å². The van der Waals surface area contributed by atoms with Crippen molar-refractivity contribution in [3.05, 3.63) is 0 Å². The summed E-state index contributed by atoms with van der Waals surface area (Å²) in [7, 11) is 0. The fourth-order valence-electron chi connectivity index (χ4n) is 0.821. The third-order valence-corrected chi connectivity index (χ3v) is 1.94. The summed E-state index contributed by atoms with van der Waals surface area (Å²) in [5.74, 6) is 0. The van der Waals surface area contributed by atoms with Crippen LogP contribution in [0.4, 0.5) is 0 Å². The minimum Gasteiger partial charge on any atom is -0.381 e. The van der Waals surface area contributed by atoms with Crippen LogP contribution in [0.15, 0.2) is 0 Å². The van der Waals surface area contributed by atoms with E-state index >= 15 is 0 Å². The second-order valence-corrected chi connectivity index (χ2v) is 2.48. The summed E-state index contributed by atoms with van der Waals surface area (Å²) in [6.45, 7) is 1.23. The SMILES string of the molecule is OC1(C#[SH])CCOCC1. The first-order chi connectivity index (χ1) is 4.27. The lowest BCUT2D eigenvalue weighted by Gasteiger charge is -2.26. The first-order valence-electron chi connectivity index (χ1n) is 2.98. The molecule has 3 heteroatoms. The highest BCUT2D eigenvalue weighted by Gasteiger charge is 2.26. The Labute approximate surface area is 59.5 Å². The highest BCUT2D eigenvalue weighted by atomic mass is 32.1. The Morgan fingerprint density at radius 2 is 2.00 bits per heavy atom. The van der Waals surface area contributed by atoms with Crippen molar-refractivity contribution < 1.29 is 9.84 Å². The Balaban J connectivity index is 2.49. The van der Waals surface area contributed by atoms with Gasteiger partial charge in [-0.1, -0.05) is 5.18 Å². The maximum Gasteiger partial charge on any atom is 0.131 e. The number of rotatable bonds is 0. The molecular weight excluding hydrogens is 136 g/mol. The van der Waals surface area contributed by atoms with Gasteiger partial charge in [-0.3, -0.25) is 0 Å². The molecule has 0 aromatic carbocycles. The van der Waals surface area contributed by atoms with Crippen LogP contribution >= 0.6 is 12.0 Å². The summed E-state index contributed by atoms with van der Waals surface area (Å²) in [6.07, 6.45) is 1.24. The van der Waals surface area contributed by atoms with Gasteiger partial charge in [-0.15, -0.1) is 12.0 Å². The lowest BCUT2D eigenvalue weighted by Crippen LogP contribution is -2.33. The van der Waals surface area contributed by atoms with Crippen LogP contribution in [0, 0.1) is 5.18 Å². The quantitative estimate of drug-likeness (QED) is 0.485. The van der Waals surface area contributed by atoms with Crippen molar-refractivity contribution >= 4 is 12.0 Å². The van der Waals surface area contributed by atoms with Crippen LogP contribution in [0.3, 0.4) is 0 Å². The lowest BCUT2D eigenvalue weighted by molar-refractivity contribution is -0.0256. The van der Waals surface area contributed by atoms with Gasteiger partial charge in [-0.05, 0) is 0 Å². The molecule has 1 fully saturated rings. The van der Waals surface area contributed by atoms with Gasteiger partial charge in [-0.2, -0.15) is 0 Å². The van der Waals surface area contributed by atoms with Crippen molar-refractivity contribution in [3.63, 3.8) is 0 Å². The number of hydrogen-bond acceptors (Lipinski definition) is 2. The average molecular weight is 146 g/mol. The Hall–Kier alpha value is -0.0800. The molecule has 0 atom stereocenters. The summed E-state index contributed by atoms with van der Waals surface area (Å²) >= 11 is 3.79. The van der Waals surface area contributed by atoms with E-state index in [2.05, 4.69) is 17.2 Å². The van der Waals surface area contributed by atoms with E-state index in [4.69, 9.17) is 4.74 Å². The summed E-state index contributed by atoms with van der Waals surface area (Å²) in [4.78, 5) is 0. The van der Waals surface area contributed by atoms with Crippen LogP contribution in [0.25, 0.3) is 0 Å². The van der Waals surface area contributed by atoms with Crippen LogP contribution in [0.1, 0.15) is 12.8 Å². The topological polar surface area (TPSA) is 29.5 Å². The Morgan fingerprint density at radius 3 is 2.33 bits per heavy atom. The fourth-order valence-corrected chi connectivity index (χ4v) is 1.04. The monoisotopic (exact) mass is 146 g/mol. The molecule has 1 saturated heterocycles. The molecule has 0 amide bonds. The number of thiol groups is 1. The van der Waals surface area contributed by atoms with E-state index in [9.17, 15) is 5.11 Å². The highest BCUT2D eigenvalue weighted by Crippen LogP contribution is 2.18. The molecule has 0 bridgehead atoms. The number of aliphatic hydroxyl groups is 1. The summed E-state index contributed by atoms with van der Waals surface area (Å²) in [5, 5.41) is 12.0. The molecule has 9 heavy (non-hydrogen) atoms. The summed E-state index contributed by atoms with van der Waals surface area (Å²) in [6, 6.07) is 0. The third-order valence-electron chi connectivity index (χ3n) is 1.53. The van der Waals surface area contributed by atoms with E-state index in [1.807, 2.05) is 0 Å². The Morgan fingerprint density at radius 1 is 1.44 bits per heavy atom. The van der Waals surface area contributed by atoms with Crippen molar-refractivity contribution in [1.29, 1.82) is 0 Å². The average Bonchev–Trinajstić information content (AvgIpc) is 1.90. The van der Waals surface area contributed by atoms with Crippen LogP contribution in [-0.4, -0.2) is 23.9 Å². The zero-order chi connectivity index (χ0) is 6.74.